The van der Waals surface area contributed by atoms with Gasteiger partial charge in [-0.2, -0.15) is 0 Å². The summed E-state index contributed by atoms with van der Waals surface area (Å²) in [6.45, 7) is 5.26. The maximum atomic E-state index is 12.6. The van der Waals surface area contributed by atoms with Gasteiger partial charge in [-0.3, -0.25) is 9.69 Å². The van der Waals surface area contributed by atoms with Gasteiger partial charge >= 0.3 is 6.09 Å². The van der Waals surface area contributed by atoms with E-state index in [1.165, 1.54) is 12.0 Å². The van der Waals surface area contributed by atoms with Crippen molar-refractivity contribution in [3.8, 4) is 5.75 Å². The molecule has 0 radical (unpaired) electrons. The second-order valence-corrected chi connectivity index (χ2v) is 7.31. The molecule has 25 heavy (non-hydrogen) atoms. The molecule has 7 nitrogen and oxygen atoms in total. The number of halogens is 1. The quantitative estimate of drug-likeness (QED) is 0.854. The predicted octanol–water partition coefficient (Wildman–Crippen LogP) is 2.66. The van der Waals surface area contributed by atoms with Crippen molar-refractivity contribution in [2.24, 2.45) is 0 Å². The van der Waals surface area contributed by atoms with Crippen molar-refractivity contribution in [3.63, 3.8) is 0 Å². The Kier molecular flexibility index (Phi) is 5.80. The van der Waals surface area contributed by atoms with Gasteiger partial charge in [0, 0.05) is 11.4 Å². The Bertz CT molecular complexity index is 659. The van der Waals surface area contributed by atoms with Crippen LogP contribution in [0.3, 0.4) is 0 Å². The fourth-order valence-corrected chi connectivity index (χ4v) is 2.75. The summed E-state index contributed by atoms with van der Waals surface area (Å²) in [6, 6.07) is 3.99. The third kappa shape index (κ3) is 4.99. The highest BCUT2D eigenvalue weighted by atomic mass is 35.5. The summed E-state index contributed by atoms with van der Waals surface area (Å²) in [5.41, 5.74) is -0.299. The summed E-state index contributed by atoms with van der Waals surface area (Å²) in [5, 5.41) is 13.0. The van der Waals surface area contributed by atoms with Gasteiger partial charge in [-0.25, -0.2) is 4.79 Å². The van der Waals surface area contributed by atoms with Crippen molar-refractivity contribution < 1.29 is 24.2 Å². The van der Waals surface area contributed by atoms with Crippen LogP contribution in [0.15, 0.2) is 18.2 Å². The second-order valence-electron chi connectivity index (χ2n) is 6.87. The lowest BCUT2D eigenvalue weighted by Gasteiger charge is -2.28. The number of ether oxygens (including phenoxy) is 2. The Hall–Kier alpha value is -1.99. The van der Waals surface area contributed by atoms with Gasteiger partial charge < -0.3 is 19.9 Å². The first-order chi connectivity index (χ1) is 11.6. The summed E-state index contributed by atoms with van der Waals surface area (Å²) >= 11 is 5.96. The zero-order valence-corrected chi connectivity index (χ0v) is 15.5. The topological polar surface area (TPSA) is 88.1 Å². The molecule has 0 aromatic heterocycles. The number of anilines is 1. The number of carbonyl (C=O) groups excluding carboxylic acids is 2. The number of benzene rings is 1. The van der Waals surface area contributed by atoms with Crippen LogP contribution in [-0.2, 0) is 9.53 Å². The first kappa shape index (κ1) is 19.3. The minimum atomic E-state index is -0.839. The molecule has 1 aromatic rings. The maximum Gasteiger partial charge on any atom is 0.411 e. The van der Waals surface area contributed by atoms with Crippen LogP contribution in [0.1, 0.15) is 27.2 Å². The van der Waals surface area contributed by atoms with Crippen molar-refractivity contribution >= 4 is 29.3 Å². The molecule has 1 aromatic carbocycles. The molecule has 0 unspecified atom stereocenters. The zero-order valence-electron chi connectivity index (χ0n) is 14.7. The molecular weight excluding hydrogens is 348 g/mol. The number of likely N-dealkylation sites (tertiary alicyclic amines) is 1. The standard InChI is InChI=1S/C17H23ClN2O5/c1-17(2,3)25-16(23)20-9-11(21)8-13(20)15(22)19-12-7-10(18)5-6-14(12)24-4/h5-7,11,13,21H,8-9H2,1-4H3,(H,19,22)/t11-,13+/m1/s1. The molecule has 2 N–H and O–H groups in total. The van der Waals surface area contributed by atoms with Crippen molar-refractivity contribution in [2.75, 3.05) is 19.0 Å². The van der Waals surface area contributed by atoms with E-state index in [4.69, 9.17) is 21.1 Å². The van der Waals surface area contributed by atoms with E-state index in [1.54, 1.807) is 39.0 Å². The summed E-state index contributed by atoms with van der Waals surface area (Å²) < 4.78 is 10.5. The molecule has 0 bridgehead atoms. The molecule has 2 rings (SSSR count). The minimum Gasteiger partial charge on any atom is -0.495 e. The van der Waals surface area contributed by atoms with Crippen LogP contribution in [0.5, 0.6) is 5.75 Å². The molecule has 2 atom stereocenters. The molecular formula is C17H23ClN2O5. The van der Waals surface area contributed by atoms with Crippen LogP contribution in [0.25, 0.3) is 0 Å². The maximum absolute atomic E-state index is 12.6. The van der Waals surface area contributed by atoms with Crippen molar-refractivity contribution in [1.29, 1.82) is 0 Å². The number of nitrogens with one attached hydrogen (secondary N) is 1. The number of carbonyl (C=O) groups is 2. The zero-order chi connectivity index (χ0) is 18.8. The lowest BCUT2D eigenvalue weighted by Crippen LogP contribution is -2.45. The molecule has 1 saturated heterocycles. The Morgan fingerprint density at radius 3 is 2.64 bits per heavy atom. The van der Waals surface area contributed by atoms with Crippen LogP contribution in [0, 0.1) is 0 Å². The normalized spacial score (nSPS) is 20.3. The van der Waals surface area contributed by atoms with Gasteiger partial charge in [-0.15, -0.1) is 0 Å². The van der Waals surface area contributed by atoms with Crippen LogP contribution in [-0.4, -0.2) is 53.4 Å². The van der Waals surface area contributed by atoms with Gasteiger partial charge in [0.05, 0.1) is 25.4 Å². The van der Waals surface area contributed by atoms with Crippen molar-refractivity contribution in [1.82, 2.24) is 4.90 Å². The number of amides is 2. The first-order valence-corrected chi connectivity index (χ1v) is 8.30. The first-order valence-electron chi connectivity index (χ1n) is 7.93. The smallest absolute Gasteiger partial charge is 0.411 e. The molecule has 1 aliphatic rings. The molecule has 1 aliphatic heterocycles. The van der Waals surface area contributed by atoms with Gasteiger partial charge in [0.25, 0.3) is 0 Å². The van der Waals surface area contributed by atoms with Crippen LogP contribution in [0.2, 0.25) is 5.02 Å². The predicted molar refractivity (Wildman–Crippen MR) is 94.0 cm³/mol. The number of β-amino-alcohol motifs (C(OH)–C–C–N with tert-alkyl or cyclic N) is 1. The Labute approximate surface area is 151 Å². The minimum absolute atomic E-state index is 0.0413. The number of aliphatic hydroxyl groups excluding tert-OH is 1. The highest BCUT2D eigenvalue weighted by molar-refractivity contribution is 6.31. The molecule has 0 saturated carbocycles. The average molecular weight is 371 g/mol. The summed E-state index contributed by atoms with van der Waals surface area (Å²) in [5.74, 6) is 0.00286. The van der Waals surface area contributed by atoms with Gasteiger partial charge in [0.15, 0.2) is 0 Å². The van der Waals surface area contributed by atoms with E-state index in [9.17, 15) is 14.7 Å². The number of rotatable bonds is 3. The van der Waals surface area contributed by atoms with E-state index in [1.807, 2.05) is 0 Å². The number of methoxy groups -OCH3 is 1. The lowest BCUT2D eigenvalue weighted by atomic mass is 10.1. The molecule has 2 amide bonds. The van der Waals surface area contributed by atoms with E-state index >= 15 is 0 Å². The Morgan fingerprint density at radius 2 is 2.04 bits per heavy atom. The van der Waals surface area contributed by atoms with Gasteiger partial charge in [0.2, 0.25) is 5.91 Å². The van der Waals surface area contributed by atoms with E-state index in [0.717, 1.165) is 0 Å². The van der Waals surface area contributed by atoms with Gasteiger partial charge in [-0.05, 0) is 39.0 Å². The van der Waals surface area contributed by atoms with Crippen molar-refractivity contribution in [2.45, 2.75) is 44.9 Å². The van der Waals surface area contributed by atoms with Gasteiger partial charge in [-0.1, -0.05) is 11.6 Å². The van der Waals surface area contributed by atoms with E-state index in [0.29, 0.717) is 16.5 Å². The summed E-state index contributed by atoms with van der Waals surface area (Å²) in [7, 11) is 1.48. The fourth-order valence-electron chi connectivity index (χ4n) is 2.58. The Morgan fingerprint density at radius 1 is 1.36 bits per heavy atom. The van der Waals surface area contributed by atoms with E-state index in [-0.39, 0.29) is 13.0 Å². The number of nitrogens with zero attached hydrogens (tertiary/aromatic N) is 1. The number of hydrogen-bond donors (Lipinski definition) is 2. The lowest BCUT2D eigenvalue weighted by molar-refractivity contribution is -0.120. The highest BCUT2D eigenvalue weighted by Crippen LogP contribution is 2.29. The molecule has 0 aliphatic carbocycles. The average Bonchev–Trinajstić information content (AvgIpc) is 2.88. The van der Waals surface area contributed by atoms with E-state index < -0.39 is 29.7 Å². The largest absolute Gasteiger partial charge is 0.495 e. The molecule has 1 heterocycles. The third-order valence-corrected chi connectivity index (χ3v) is 3.86. The second kappa shape index (κ2) is 7.49. The Balaban J connectivity index is 2.16. The number of hydrogen-bond acceptors (Lipinski definition) is 5. The SMILES string of the molecule is COc1ccc(Cl)cc1NC(=O)[C@@H]1C[C@@H](O)CN1C(=O)OC(C)(C)C. The number of aliphatic hydroxyl groups is 1. The summed E-state index contributed by atoms with van der Waals surface area (Å²) in [6.07, 6.45) is -1.29. The molecule has 1 fully saturated rings. The fraction of sp³-hybridized carbons (Fsp3) is 0.529. The van der Waals surface area contributed by atoms with Crippen molar-refractivity contribution in [3.05, 3.63) is 23.2 Å². The molecule has 8 heteroatoms. The molecule has 0 spiro atoms. The van der Waals surface area contributed by atoms with Crippen LogP contribution < -0.4 is 10.1 Å². The monoisotopic (exact) mass is 370 g/mol. The van der Waals surface area contributed by atoms with Gasteiger partial charge in [0.1, 0.15) is 17.4 Å². The summed E-state index contributed by atoms with van der Waals surface area (Å²) in [4.78, 5) is 26.2. The van der Waals surface area contributed by atoms with Crippen LogP contribution >= 0.6 is 11.6 Å². The highest BCUT2D eigenvalue weighted by Gasteiger charge is 2.41. The van der Waals surface area contributed by atoms with E-state index in [2.05, 4.69) is 5.32 Å². The third-order valence-electron chi connectivity index (χ3n) is 3.63. The van der Waals surface area contributed by atoms with Crippen LogP contribution in [0.4, 0.5) is 10.5 Å². The molecule has 138 valence electrons.